The lowest BCUT2D eigenvalue weighted by molar-refractivity contribution is 0.102. The second kappa shape index (κ2) is 7.75. The molecule has 2 aromatic heterocycles. The summed E-state index contributed by atoms with van der Waals surface area (Å²) < 4.78 is 30.3. The fourth-order valence-corrected chi connectivity index (χ4v) is 3.49. The summed E-state index contributed by atoms with van der Waals surface area (Å²) in [5, 5.41) is 11.5. The first-order chi connectivity index (χ1) is 13.9. The maximum absolute atomic E-state index is 13.7. The monoisotopic (exact) mass is 400 g/mol. The largest absolute Gasteiger partial charge is 0.318 e. The SMILES string of the molecule is CN(C)CCn1cc(NC(=O)c2nn(-c3ccc(F)c(F)c3)c3c2CCC3)cn1. The normalized spacial score (nSPS) is 13.1. The Labute approximate surface area is 166 Å². The van der Waals surface area contributed by atoms with Crippen molar-refractivity contribution in [3.8, 4) is 5.69 Å². The minimum Gasteiger partial charge on any atom is -0.318 e. The van der Waals surface area contributed by atoms with Crippen molar-refractivity contribution in [2.75, 3.05) is 26.0 Å². The quantitative estimate of drug-likeness (QED) is 0.691. The lowest BCUT2D eigenvalue weighted by atomic mass is 10.2. The molecule has 1 N–H and O–H groups in total. The van der Waals surface area contributed by atoms with Crippen molar-refractivity contribution in [2.45, 2.75) is 25.8 Å². The van der Waals surface area contributed by atoms with E-state index in [1.165, 1.54) is 6.07 Å². The Morgan fingerprint density at radius 2 is 2.07 bits per heavy atom. The van der Waals surface area contributed by atoms with Gasteiger partial charge in [-0.25, -0.2) is 13.5 Å². The average Bonchev–Trinajstić information content (AvgIpc) is 3.38. The van der Waals surface area contributed by atoms with Crippen LogP contribution in [0.4, 0.5) is 14.5 Å². The number of nitrogens with zero attached hydrogens (tertiary/aromatic N) is 5. The highest BCUT2D eigenvalue weighted by Gasteiger charge is 2.27. The van der Waals surface area contributed by atoms with Gasteiger partial charge in [-0.3, -0.25) is 9.48 Å². The number of amides is 1. The summed E-state index contributed by atoms with van der Waals surface area (Å²) in [6.07, 6.45) is 5.72. The highest BCUT2D eigenvalue weighted by molar-refractivity contribution is 6.04. The van der Waals surface area contributed by atoms with Crippen LogP contribution in [0.2, 0.25) is 0 Å². The van der Waals surface area contributed by atoms with Crippen LogP contribution in [0, 0.1) is 11.6 Å². The van der Waals surface area contributed by atoms with Gasteiger partial charge < -0.3 is 10.2 Å². The van der Waals surface area contributed by atoms with E-state index in [4.69, 9.17) is 0 Å². The first kappa shape index (κ1) is 19.3. The molecule has 0 fully saturated rings. The number of benzene rings is 1. The molecule has 0 bridgehead atoms. The predicted octanol–water partition coefficient (Wildman–Crippen LogP) is 2.65. The molecule has 0 saturated heterocycles. The summed E-state index contributed by atoms with van der Waals surface area (Å²) in [5.41, 5.74) is 3.01. The Hall–Kier alpha value is -3.07. The molecule has 0 atom stereocenters. The maximum Gasteiger partial charge on any atom is 0.276 e. The number of anilines is 1. The predicted molar refractivity (Wildman–Crippen MR) is 104 cm³/mol. The van der Waals surface area contributed by atoms with Crippen LogP contribution < -0.4 is 5.32 Å². The number of hydrogen-bond donors (Lipinski definition) is 1. The second-order valence-electron chi connectivity index (χ2n) is 7.39. The first-order valence-corrected chi connectivity index (χ1v) is 9.47. The van der Waals surface area contributed by atoms with Crippen molar-refractivity contribution in [1.29, 1.82) is 0 Å². The van der Waals surface area contributed by atoms with Crippen molar-refractivity contribution in [3.63, 3.8) is 0 Å². The van der Waals surface area contributed by atoms with Crippen molar-refractivity contribution in [1.82, 2.24) is 24.5 Å². The van der Waals surface area contributed by atoms with Gasteiger partial charge in [-0.05, 0) is 45.5 Å². The molecule has 0 spiro atoms. The van der Waals surface area contributed by atoms with Crippen LogP contribution in [0.3, 0.4) is 0 Å². The van der Waals surface area contributed by atoms with Crippen molar-refractivity contribution in [2.24, 2.45) is 0 Å². The Bertz CT molecular complexity index is 1060. The van der Waals surface area contributed by atoms with Gasteiger partial charge in [-0.2, -0.15) is 10.2 Å². The number of halogens is 2. The van der Waals surface area contributed by atoms with E-state index in [0.717, 1.165) is 49.2 Å². The fraction of sp³-hybridized carbons (Fsp3) is 0.350. The molecule has 7 nitrogen and oxygen atoms in total. The number of rotatable bonds is 6. The van der Waals surface area contributed by atoms with Gasteiger partial charge in [0.05, 0.1) is 24.1 Å². The van der Waals surface area contributed by atoms with E-state index in [1.807, 2.05) is 19.0 Å². The molecule has 0 aliphatic heterocycles. The second-order valence-corrected chi connectivity index (χ2v) is 7.39. The van der Waals surface area contributed by atoms with Crippen LogP contribution in [0.15, 0.2) is 30.6 Å². The van der Waals surface area contributed by atoms with Gasteiger partial charge in [0.15, 0.2) is 17.3 Å². The summed E-state index contributed by atoms with van der Waals surface area (Å²) >= 11 is 0. The molecule has 2 heterocycles. The lowest BCUT2D eigenvalue weighted by Gasteiger charge is -2.08. The third kappa shape index (κ3) is 3.91. The van der Waals surface area contributed by atoms with Crippen LogP contribution in [0.1, 0.15) is 28.2 Å². The van der Waals surface area contributed by atoms with Gasteiger partial charge in [0.2, 0.25) is 0 Å². The number of nitrogens with one attached hydrogen (secondary N) is 1. The molecule has 3 aromatic rings. The van der Waals surface area contributed by atoms with Crippen LogP contribution in [-0.4, -0.2) is 51.0 Å². The smallest absolute Gasteiger partial charge is 0.276 e. The minimum absolute atomic E-state index is 0.309. The van der Waals surface area contributed by atoms with E-state index in [2.05, 4.69) is 15.5 Å². The summed E-state index contributed by atoms with van der Waals surface area (Å²) in [4.78, 5) is 14.9. The van der Waals surface area contributed by atoms with Gasteiger partial charge in [0.25, 0.3) is 5.91 Å². The Balaban J connectivity index is 1.57. The Morgan fingerprint density at radius 1 is 1.24 bits per heavy atom. The van der Waals surface area contributed by atoms with Crippen LogP contribution >= 0.6 is 0 Å². The number of fused-ring (bicyclic) bond motifs is 1. The lowest BCUT2D eigenvalue weighted by Crippen LogP contribution is -2.18. The van der Waals surface area contributed by atoms with Crippen molar-refractivity contribution >= 4 is 11.6 Å². The molecule has 0 radical (unpaired) electrons. The molecule has 9 heteroatoms. The summed E-state index contributed by atoms with van der Waals surface area (Å²) in [6.45, 7) is 1.55. The van der Waals surface area contributed by atoms with Crippen LogP contribution in [0.25, 0.3) is 5.69 Å². The molecule has 0 unspecified atom stereocenters. The zero-order valence-corrected chi connectivity index (χ0v) is 16.3. The van der Waals surface area contributed by atoms with Gasteiger partial charge in [0, 0.05) is 30.1 Å². The fourth-order valence-electron chi connectivity index (χ4n) is 3.49. The summed E-state index contributed by atoms with van der Waals surface area (Å²) in [5.74, 6) is -2.20. The number of aromatic nitrogens is 4. The van der Waals surface area contributed by atoms with E-state index < -0.39 is 11.6 Å². The van der Waals surface area contributed by atoms with Gasteiger partial charge in [0.1, 0.15) is 0 Å². The van der Waals surface area contributed by atoms with E-state index in [0.29, 0.717) is 23.6 Å². The Kier molecular flexibility index (Phi) is 5.14. The highest BCUT2D eigenvalue weighted by atomic mass is 19.2. The molecule has 1 aliphatic rings. The molecule has 1 amide bonds. The zero-order valence-electron chi connectivity index (χ0n) is 16.3. The van der Waals surface area contributed by atoms with Gasteiger partial charge >= 0.3 is 0 Å². The van der Waals surface area contributed by atoms with E-state index >= 15 is 0 Å². The number of likely N-dealkylation sites (N-methyl/N-ethyl adjacent to an activating group) is 1. The molecule has 29 heavy (non-hydrogen) atoms. The van der Waals surface area contributed by atoms with Gasteiger partial charge in [-0.1, -0.05) is 0 Å². The number of carbonyl (C=O) groups is 1. The van der Waals surface area contributed by atoms with E-state index in [-0.39, 0.29) is 5.91 Å². The van der Waals surface area contributed by atoms with Crippen molar-refractivity contribution < 1.29 is 13.6 Å². The van der Waals surface area contributed by atoms with Crippen LogP contribution in [-0.2, 0) is 19.4 Å². The molecular formula is C20H22F2N6O. The van der Waals surface area contributed by atoms with E-state index in [1.54, 1.807) is 21.8 Å². The molecular weight excluding hydrogens is 378 g/mol. The summed E-state index contributed by atoms with van der Waals surface area (Å²) in [7, 11) is 3.96. The van der Waals surface area contributed by atoms with E-state index in [9.17, 15) is 13.6 Å². The highest BCUT2D eigenvalue weighted by Crippen LogP contribution is 2.28. The van der Waals surface area contributed by atoms with Crippen LogP contribution in [0.5, 0.6) is 0 Å². The third-order valence-corrected chi connectivity index (χ3v) is 4.96. The molecule has 1 aromatic carbocycles. The minimum atomic E-state index is -0.944. The first-order valence-electron chi connectivity index (χ1n) is 9.47. The molecule has 0 saturated carbocycles. The Morgan fingerprint density at radius 3 is 2.83 bits per heavy atom. The molecule has 1 aliphatic carbocycles. The van der Waals surface area contributed by atoms with Crippen molar-refractivity contribution in [3.05, 3.63) is 59.2 Å². The molecule has 4 rings (SSSR count). The zero-order chi connectivity index (χ0) is 20.5. The number of carbonyl (C=O) groups excluding carboxylic acids is 1. The number of hydrogen-bond acceptors (Lipinski definition) is 4. The summed E-state index contributed by atoms with van der Waals surface area (Å²) in [6, 6.07) is 3.62. The third-order valence-electron chi connectivity index (χ3n) is 4.96. The topological polar surface area (TPSA) is 68.0 Å². The maximum atomic E-state index is 13.7. The standard InChI is InChI=1S/C20H22F2N6O/c1-26(2)8-9-27-12-13(11-23-27)24-20(29)19-15-4-3-5-18(15)28(25-19)14-6-7-16(21)17(22)10-14/h6-7,10-12H,3-5,8-9H2,1-2H3,(H,24,29). The average molecular weight is 400 g/mol. The van der Waals surface area contributed by atoms with Gasteiger partial charge in [-0.15, -0.1) is 0 Å². The molecule has 152 valence electrons.